The Balaban J connectivity index is 5.09. The molecule has 0 aliphatic rings. The van der Waals surface area contributed by atoms with E-state index in [1.54, 1.807) is 0 Å². The first-order chi connectivity index (χ1) is 10.7. The molecule has 0 rings (SSSR count). The number of alkyl halides is 1. The number of halogens is 1. The fourth-order valence-corrected chi connectivity index (χ4v) is 3.45. The molecule has 0 saturated carbocycles. The molecule has 0 spiro atoms. The Kier molecular flexibility index (Phi) is 9.84. The summed E-state index contributed by atoms with van der Waals surface area (Å²) in [6, 6.07) is 0. The van der Waals surface area contributed by atoms with Crippen molar-refractivity contribution in [3.05, 3.63) is 23.5 Å². The second-order valence-electron chi connectivity index (χ2n) is 8.76. The maximum absolute atomic E-state index is 6.60. The zero-order chi connectivity index (χ0) is 19.2. The van der Waals surface area contributed by atoms with Gasteiger partial charge in [-0.25, -0.2) is 0 Å². The maximum Gasteiger partial charge on any atom is 0.204 e. The molecule has 0 saturated heterocycles. The quantitative estimate of drug-likeness (QED) is 0.0870. The number of rotatable bonds is 9. The molecule has 0 fully saturated rings. The second kappa shape index (κ2) is 9.77. The van der Waals surface area contributed by atoms with Crippen molar-refractivity contribution in [1.29, 1.82) is 0 Å². The van der Waals surface area contributed by atoms with E-state index in [0.717, 1.165) is 19.3 Å². The third-order valence-corrected chi connectivity index (χ3v) is 10.6. The molecule has 0 unspecified atom stereocenters. The van der Waals surface area contributed by atoms with Gasteiger partial charge in [0.2, 0.25) is 6.29 Å². The average Bonchev–Trinajstić information content (AvgIpc) is 2.41. The minimum absolute atomic E-state index is 0.0377. The van der Waals surface area contributed by atoms with Gasteiger partial charge in [0.15, 0.2) is 8.32 Å². The first-order valence-electron chi connectivity index (χ1n) is 9.04. The molecule has 0 aromatic heterocycles. The maximum atomic E-state index is 6.60. The fourth-order valence-electron chi connectivity index (χ4n) is 1.73. The van der Waals surface area contributed by atoms with Crippen molar-refractivity contribution in [1.82, 2.24) is 0 Å². The van der Waals surface area contributed by atoms with E-state index >= 15 is 0 Å². The normalized spacial score (nSPS) is 17.2. The summed E-state index contributed by atoms with van der Waals surface area (Å²) >= 11 is 2.49. The standard InChI is InChI=1S/C20H39IO2Si/c1-11-20(8,21)18(23-24(9,10)19(5,6)7)22-15-17(4)14-12-13-16(2)3/h13,15,18H,11-12,14H2,1-10H3/b17-15+/t18-,20+/m0/s1. The lowest BCUT2D eigenvalue weighted by atomic mass is 10.1. The van der Waals surface area contributed by atoms with Crippen LogP contribution < -0.4 is 0 Å². The summed E-state index contributed by atoms with van der Waals surface area (Å²) in [7, 11) is -1.87. The van der Waals surface area contributed by atoms with Gasteiger partial charge in [-0.1, -0.05) is 61.9 Å². The minimum atomic E-state index is -1.87. The third kappa shape index (κ3) is 8.52. The van der Waals surface area contributed by atoms with Crippen LogP contribution in [-0.2, 0) is 9.16 Å². The highest BCUT2D eigenvalue weighted by Crippen LogP contribution is 2.41. The van der Waals surface area contributed by atoms with Gasteiger partial charge in [0.1, 0.15) is 0 Å². The first kappa shape index (κ1) is 24.2. The lowest BCUT2D eigenvalue weighted by Gasteiger charge is -2.42. The smallest absolute Gasteiger partial charge is 0.204 e. The summed E-state index contributed by atoms with van der Waals surface area (Å²) in [5.74, 6) is 0. The van der Waals surface area contributed by atoms with Crippen LogP contribution in [0.25, 0.3) is 0 Å². The number of hydrogen-bond acceptors (Lipinski definition) is 2. The van der Waals surface area contributed by atoms with E-state index in [0.29, 0.717) is 0 Å². The lowest BCUT2D eigenvalue weighted by Crippen LogP contribution is -2.49. The molecule has 2 nitrogen and oxygen atoms in total. The Morgan fingerprint density at radius 3 is 2.08 bits per heavy atom. The lowest BCUT2D eigenvalue weighted by molar-refractivity contribution is -0.0605. The highest BCUT2D eigenvalue weighted by atomic mass is 127. The largest absolute Gasteiger partial charge is 0.472 e. The minimum Gasteiger partial charge on any atom is -0.472 e. The summed E-state index contributed by atoms with van der Waals surface area (Å²) in [6.07, 6.45) is 7.09. The molecule has 4 heteroatoms. The van der Waals surface area contributed by atoms with Gasteiger partial charge in [0.05, 0.1) is 9.68 Å². The van der Waals surface area contributed by atoms with Crippen LogP contribution in [0.4, 0.5) is 0 Å². The molecule has 0 N–H and O–H groups in total. The van der Waals surface area contributed by atoms with Crippen molar-refractivity contribution in [2.45, 2.75) is 102 Å². The van der Waals surface area contributed by atoms with Gasteiger partial charge in [0.25, 0.3) is 0 Å². The van der Waals surface area contributed by atoms with Crippen molar-refractivity contribution in [2.24, 2.45) is 0 Å². The Bertz CT molecular complexity index is 441. The van der Waals surface area contributed by atoms with Gasteiger partial charge in [-0.05, 0) is 70.7 Å². The molecule has 0 radical (unpaired) electrons. The number of allylic oxidation sites excluding steroid dienone is 3. The van der Waals surface area contributed by atoms with Gasteiger partial charge in [-0.3, -0.25) is 0 Å². The average molecular weight is 467 g/mol. The molecule has 0 aliphatic heterocycles. The molecule has 0 aliphatic carbocycles. The molecular formula is C20H39IO2Si. The van der Waals surface area contributed by atoms with E-state index < -0.39 is 8.32 Å². The molecule has 0 bridgehead atoms. The van der Waals surface area contributed by atoms with E-state index in [4.69, 9.17) is 9.16 Å². The first-order valence-corrected chi connectivity index (χ1v) is 13.0. The summed E-state index contributed by atoms with van der Waals surface area (Å²) in [5.41, 5.74) is 2.63. The van der Waals surface area contributed by atoms with E-state index in [1.165, 1.54) is 11.1 Å². The van der Waals surface area contributed by atoms with E-state index in [9.17, 15) is 0 Å². The zero-order valence-corrected chi connectivity index (χ0v) is 20.7. The van der Waals surface area contributed by atoms with Crippen molar-refractivity contribution < 1.29 is 9.16 Å². The van der Waals surface area contributed by atoms with Crippen LogP contribution in [0.15, 0.2) is 23.5 Å². The van der Waals surface area contributed by atoms with Crippen LogP contribution in [0, 0.1) is 0 Å². The Hall–Kier alpha value is 0.187. The molecule has 2 atom stereocenters. The van der Waals surface area contributed by atoms with Crippen molar-refractivity contribution in [3.63, 3.8) is 0 Å². The fraction of sp³-hybridized carbons (Fsp3) is 0.800. The third-order valence-electron chi connectivity index (χ3n) is 4.87. The number of ether oxygens (including phenoxy) is 1. The predicted octanol–water partition coefficient (Wildman–Crippen LogP) is 7.60. The van der Waals surface area contributed by atoms with E-state index in [1.807, 2.05) is 6.26 Å². The molecule has 24 heavy (non-hydrogen) atoms. The van der Waals surface area contributed by atoms with Crippen molar-refractivity contribution in [3.8, 4) is 0 Å². The Morgan fingerprint density at radius 2 is 1.67 bits per heavy atom. The summed E-state index contributed by atoms with van der Waals surface area (Å²) in [6.45, 7) is 22.2. The monoisotopic (exact) mass is 466 g/mol. The van der Waals surface area contributed by atoms with Gasteiger partial charge in [-0.2, -0.15) is 0 Å². The summed E-state index contributed by atoms with van der Waals surface area (Å²) in [5, 5.41) is 0.178. The molecule has 0 aromatic carbocycles. The molecule has 0 amide bonds. The van der Waals surface area contributed by atoms with Crippen molar-refractivity contribution >= 4 is 30.9 Å². The van der Waals surface area contributed by atoms with Crippen LogP contribution >= 0.6 is 22.6 Å². The Labute approximate surface area is 165 Å². The van der Waals surface area contributed by atoms with Crippen LogP contribution in [0.5, 0.6) is 0 Å². The zero-order valence-electron chi connectivity index (χ0n) is 17.5. The Morgan fingerprint density at radius 1 is 1.12 bits per heavy atom. The topological polar surface area (TPSA) is 18.5 Å². The second-order valence-corrected chi connectivity index (χ2v) is 16.0. The van der Waals surface area contributed by atoms with Crippen LogP contribution in [-0.4, -0.2) is 18.0 Å². The van der Waals surface area contributed by atoms with Gasteiger partial charge >= 0.3 is 0 Å². The van der Waals surface area contributed by atoms with E-state index in [-0.39, 0.29) is 14.8 Å². The molecule has 0 aromatic rings. The predicted molar refractivity (Wildman–Crippen MR) is 118 cm³/mol. The van der Waals surface area contributed by atoms with Crippen LogP contribution in [0.1, 0.15) is 74.7 Å². The van der Waals surface area contributed by atoms with Gasteiger partial charge in [-0.15, -0.1) is 0 Å². The summed E-state index contributed by atoms with van der Waals surface area (Å²) in [4.78, 5) is 0. The molecule has 0 heterocycles. The van der Waals surface area contributed by atoms with Gasteiger partial charge < -0.3 is 9.16 Å². The number of hydrogen-bond donors (Lipinski definition) is 0. The van der Waals surface area contributed by atoms with E-state index in [2.05, 4.69) is 97.2 Å². The highest BCUT2D eigenvalue weighted by molar-refractivity contribution is 14.1. The van der Waals surface area contributed by atoms with Crippen LogP contribution in [0.2, 0.25) is 18.1 Å². The highest BCUT2D eigenvalue weighted by Gasteiger charge is 2.43. The summed E-state index contributed by atoms with van der Waals surface area (Å²) < 4.78 is 12.7. The van der Waals surface area contributed by atoms with Gasteiger partial charge in [0, 0.05) is 0 Å². The molecule has 142 valence electrons. The molecular weight excluding hydrogens is 427 g/mol. The van der Waals surface area contributed by atoms with Crippen LogP contribution in [0.3, 0.4) is 0 Å². The SMILES string of the molecule is CC[C@@](C)(I)[C@@H](O/C=C(\C)CCC=C(C)C)O[Si](C)(C)C(C)(C)C. The van der Waals surface area contributed by atoms with Crippen molar-refractivity contribution in [2.75, 3.05) is 0 Å².